The maximum atomic E-state index is 11.7. The van der Waals surface area contributed by atoms with Crippen LogP contribution in [0.25, 0.3) is 0 Å². The molecule has 0 aromatic rings. The molecule has 17 heavy (non-hydrogen) atoms. The minimum Gasteiger partial charge on any atom is -0.391 e. The van der Waals surface area contributed by atoms with Crippen molar-refractivity contribution in [3.05, 3.63) is 0 Å². The van der Waals surface area contributed by atoms with E-state index in [1.54, 1.807) is 0 Å². The van der Waals surface area contributed by atoms with Crippen molar-refractivity contribution in [1.29, 1.82) is 0 Å². The molecule has 4 nitrogen and oxygen atoms in total. The van der Waals surface area contributed by atoms with Crippen LogP contribution in [0.4, 0.5) is 0 Å². The number of rotatable bonds is 6. The van der Waals surface area contributed by atoms with E-state index in [1.165, 1.54) is 0 Å². The Morgan fingerprint density at radius 3 is 2.53 bits per heavy atom. The number of aliphatic hydroxyl groups is 1. The summed E-state index contributed by atoms with van der Waals surface area (Å²) in [5, 5.41) is 12.7. The fourth-order valence-corrected chi connectivity index (χ4v) is 2.31. The highest BCUT2D eigenvalue weighted by Gasteiger charge is 2.28. The van der Waals surface area contributed by atoms with Gasteiger partial charge in [0.15, 0.2) is 0 Å². The third-order valence-electron chi connectivity index (χ3n) is 3.60. The zero-order valence-corrected chi connectivity index (χ0v) is 11.1. The summed E-state index contributed by atoms with van der Waals surface area (Å²) in [6, 6.07) is 0. The first kappa shape index (κ1) is 14.5. The third-order valence-corrected chi connectivity index (χ3v) is 3.60. The summed E-state index contributed by atoms with van der Waals surface area (Å²) in [7, 11) is 0. The molecule has 2 N–H and O–H groups in total. The van der Waals surface area contributed by atoms with Crippen LogP contribution in [-0.4, -0.2) is 35.9 Å². The topological polar surface area (TPSA) is 58.6 Å². The molecular formula is C13H25NO3. The summed E-state index contributed by atoms with van der Waals surface area (Å²) >= 11 is 0. The van der Waals surface area contributed by atoms with Crippen molar-refractivity contribution in [1.82, 2.24) is 5.32 Å². The third kappa shape index (κ3) is 4.28. The number of ether oxygens (including phenoxy) is 1. The van der Waals surface area contributed by atoms with Gasteiger partial charge in [-0.05, 0) is 25.7 Å². The van der Waals surface area contributed by atoms with Gasteiger partial charge in [-0.25, -0.2) is 0 Å². The van der Waals surface area contributed by atoms with Gasteiger partial charge in [0.2, 0.25) is 5.91 Å². The minimum atomic E-state index is -0.451. The van der Waals surface area contributed by atoms with E-state index in [0.717, 1.165) is 25.7 Å². The lowest BCUT2D eigenvalue weighted by Gasteiger charge is -2.21. The zero-order chi connectivity index (χ0) is 12.8. The molecule has 1 heterocycles. The minimum absolute atomic E-state index is 0.0839. The molecule has 0 spiro atoms. The summed E-state index contributed by atoms with van der Waals surface area (Å²) in [6.07, 6.45) is 3.00. The van der Waals surface area contributed by atoms with E-state index in [4.69, 9.17) is 4.74 Å². The number of hydrogen-bond acceptors (Lipinski definition) is 3. The van der Waals surface area contributed by atoms with Gasteiger partial charge in [0, 0.05) is 6.54 Å². The predicted molar refractivity (Wildman–Crippen MR) is 66.7 cm³/mol. The van der Waals surface area contributed by atoms with Crippen LogP contribution in [0.1, 0.15) is 46.5 Å². The molecule has 0 radical (unpaired) electrons. The number of carbonyl (C=O) groups excluding carboxylic acids is 1. The van der Waals surface area contributed by atoms with Gasteiger partial charge >= 0.3 is 0 Å². The number of amides is 1. The number of aliphatic hydroxyl groups excluding tert-OH is 1. The normalized spacial score (nSPS) is 26.2. The van der Waals surface area contributed by atoms with Gasteiger partial charge in [-0.2, -0.15) is 0 Å². The van der Waals surface area contributed by atoms with Crippen molar-refractivity contribution in [2.75, 3.05) is 6.54 Å². The lowest BCUT2D eigenvalue weighted by Crippen LogP contribution is -2.41. The molecule has 1 aliphatic heterocycles. The molecule has 1 fully saturated rings. The van der Waals surface area contributed by atoms with Crippen LogP contribution in [0.15, 0.2) is 0 Å². The van der Waals surface area contributed by atoms with Crippen molar-refractivity contribution in [3.63, 3.8) is 0 Å². The van der Waals surface area contributed by atoms with Crippen LogP contribution in [0.3, 0.4) is 0 Å². The van der Waals surface area contributed by atoms with E-state index in [9.17, 15) is 9.90 Å². The monoisotopic (exact) mass is 243 g/mol. The van der Waals surface area contributed by atoms with Gasteiger partial charge in [0.25, 0.3) is 0 Å². The first-order valence-corrected chi connectivity index (χ1v) is 6.69. The van der Waals surface area contributed by atoms with Gasteiger partial charge in [0.1, 0.15) is 6.10 Å². The lowest BCUT2D eigenvalue weighted by molar-refractivity contribution is -0.132. The second-order valence-electron chi connectivity index (χ2n) is 4.90. The Kier molecular flexibility index (Phi) is 5.92. The molecule has 3 unspecified atom stereocenters. The summed E-state index contributed by atoms with van der Waals surface area (Å²) in [5.41, 5.74) is 0. The Hall–Kier alpha value is -0.610. The number of hydrogen-bond donors (Lipinski definition) is 2. The van der Waals surface area contributed by atoms with E-state index < -0.39 is 6.10 Å². The molecule has 0 bridgehead atoms. The largest absolute Gasteiger partial charge is 0.391 e. The highest BCUT2D eigenvalue weighted by Crippen LogP contribution is 2.19. The molecule has 3 atom stereocenters. The highest BCUT2D eigenvalue weighted by atomic mass is 16.5. The van der Waals surface area contributed by atoms with Crippen molar-refractivity contribution < 1.29 is 14.6 Å². The number of carbonyl (C=O) groups is 1. The van der Waals surface area contributed by atoms with Gasteiger partial charge in [-0.3, -0.25) is 4.79 Å². The van der Waals surface area contributed by atoms with Crippen molar-refractivity contribution in [3.8, 4) is 0 Å². The van der Waals surface area contributed by atoms with Gasteiger partial charge in [-0.15, -0.1) is 0 Å². The molecule has 1 aliphatic rings. The van der Waals surface area contributed by atoms with E-state index >= 15 is 0 Å². The fourth-order valence-electron chi connectivity index (χ4n) is 2.31. The predicted octanol–water partition coefficient (Wildman–Crippen LogP) is 1.47. The first-order chi connectivity index (χ1) is 8.08. The Morgan fingerprint density at radius 1 is 1.41 bits per heavy atom. The van der Waals surface area contributed by atoms with Crippen LogP contribution < -0.4 is 5.32 Å². The molecule has 4 heteroatoms. The average Bonchev–Trinajstić information content (AvgIpc) is 2.74. The summed E-state index contributed by atoms with van der Waals surface area (Å²) in [6.45, 7) is 6.42. The van der Waals surface area contributed by atoms with Crippen LogP contribution in [0, 0.1) is 5.92 Å². The lowest BCUT2D eigenvalue weighted by atomic mass is 9.96. The SMILES string of the molecule is CCC(CC)C(O)CNC(=O)C1CCC(C)O1. The standard InChI is InChI=1S/C13H25NO3/c1-4-10(5-2)11(15)8-14-13(16)12-7-6-9(3)17-12/h9-12,15H,4-8H2,1-3H3,(H,14,16). The molecule has 0 aromatic carbocycles. The van der Waals surface area contributed by atoms with E-state index in [1.807, 2.05) is 6.92 Å². The summed E-state index contributed by atoms with van der Waals surface area (Å²) in [5.74, 6) is 0.179. The highest BCUT2D eigenvalue weighted by molar-refractivity contribution is 5.81. The van der Waals surface area contributed by atoms with E-state index in [2.05, 4.69) is 19.2 Å². The Bertz CT molecular complexity index is 241. The van der Waals surface area contributed by atoms with Gasteiger partial charge in [-0.1, -0.05) is 26.7 Å². The van der Waals surface area contributed by atoms with Crippen molar-refractivity contribution in [2.24, 2.45) is 5.92 Å². The average molecular weight is 243 g/mol. The Balaban J connectivity index is 2.27. The maximum absolute atomic E-state index is 11.7. The van der Waals surface area contributed by atoms with Crippen LogP contribution >= 0.6 is 0 Å². The van der Waals surface area contributed by atoms with Crippen LogP contribution in [0.2, 0.25) is 0 Å². The molecular weight excluding hydrogens is 218 g/mol. The Morgan fingerprint density at radius 2 is 2.06 bits per heavy atom. The molecule has 1 amide bonds. The quantitative estimate of drug-likeness (QED) is 0.742. The smallest absolute Gasteiger partial charge is 0.249 e. The molecule has 100 valence electrons. The Labute approximate surface area is 104 Å². The fraction of sp³-hybridized carbons (Fsp3) is 0.923. The van der Waals surface area contributed by atoms with Crippen LogP contribution in [0.5, 0.6) is 0 Å². The molecule has 0 aromatic heterocycles. The molecule has 0 saturated carbocycles. The second-order valence-corrected chi connectivity index (χ2v) is 4.90. The summed E-state index contributed by atoms with van der Waals surface area (Å²) < 4.78 is 5.47. The van der Waals surface area contributed by atoms with Crippen LogP contribution in [-0.2, 0) is 9.53 Å². The van der Waals surface area contributed by atoms with Crippen molar-refractivity contribution >= 4 is 5.91 Å². The maximum Gasteiger partial charge on any atom is 0.249 e. The van der Waals surface area contributed by atoms with E-state index in [0.29, 0.717) is 6.54 Å². The molecule has 1 saturated heterocycles. The zero-order valence-electron chi connectivity index (χ0n) is 11.1. The number of nitrogens with one attached hydrogen (secondary N) is 1. The molecule has 0 aliphatic carbocycles. The van der Waals surface area contributed by atoms with Gasteiger partial charge in [0.05, 0.1) is 12.2 Å². The molecule has 1 rings (SSSR count). The summed E-state index contributed by atoms with van der Waals surface area (Å²) in [4.78, 5) is 11.7. The van der Waals surface area contributed by atoms with Gasteiger partial charge < -0.3 is 15.2 Å². The van der Waals surface area contributed by atoms with Crippen molar-refractivity contribution in [2.45, 2.75) is 64.8 Å². The second kappa shape index (κ2) is 6.97. The first-order valence-electron chi connectivity index (χ1n) is 6.69. The van der Waals surface area contributed by atoms with E-state index in [-0.39, 0.29) is 24.0 Å².